The lowest BCUT2D eigenvalue weighted by molar-refractivity contribution is 0.149. The molecule has 0 amide bonds. The number of aromatic nitrogens is 1. The van der Waals surface area contributed by atoms with Crippen LogP contribution in [-0.4, -0.2) is 25.2 Å². The first-order valence-corrected chi connectivity index (χ1v) is 7.71. The molecule has 0 saturated heterocycles. The standard InChI is InChI=1S/C14H24N2OS/c1-11-5-4-6-14(9-11,15-7-8-17-3)13-16-12(2)10-18-13/h10-11,15H,4-9H2,1-3H3. The van der Waals surface area contributed by atoms with Gasteiger partial charge in [0.15, 0.2) is 0 Å². The molecule has 0 spiro atoms. The Hall–Kier alpha value is -0.450. The van der Waals surface area contributed by atoms with E-state index in [2.05, 4.69) is 24.5 Å². The van der Waals surface area contributed by atoms with Crippen LogP contribution in [0.4, 0.5) is 0 Å². The maximum absolute atomic E-state index is 5.17. The van der Waals surface area contributed by atoms with Crippen LogP contribution in [-0.2, 0) is 10.3 Å². The van der Waals surface area contributed by atoms with Crippen molar-refractivity contribution in [2.24, 2.45) is 5.92 Å². The van der Waals surface area contributed by atoms with Crippen molar-refractivity contribution in [1.82, 2.24) is 10.3 Å². The van der Waals surface area contributed by atoms with E-state index in [1.165, 1.54) is 30.7 Å². The fraction of sp³-hybridized carbons (Fsp3) is 0.786. The topological polar surface area (TPSA) is 34.1 Å². The Morgan fingerprint density at radius 2 is 2.44 bits per heavy atom. The number of methoxy groups -OCH3 is 1. The Bertz CT molecular complexity index is 380. The van der Waals surface area contributed by atoms with E-state index in [1.807, 2.05) is 0 Å². The summed E-state index contributed by atoms with van der Waals surface area (Å²) < 4.78 is 5.17. The predicted molar refractivity (Wildman–Crippen MR) is 76.0 cm³/mol. The minimum Gasteiger partial charge on any atom is -0.383 e. The van der Waals surface area contributed by atoms with Crippen LogP contribution in [0.25, 0.3) is 0 Å². The highest BCUT2D eigenvalue weighted by Gasteiger charge is 2.38. The van der Waals surface area contributed by atoms with Gasteiger partial charge in [0.05, 0.1) is 12.1 Å². The molecule has 0 aromatic carbocycles. The zero-order valence-corrected chi connectivity index (χ0v) is 12.5. The first-order chi connectivity index (χ1) is 8.66. The number of thiazole rings is 1. The highest BCUT2D eigenvalue weighted by atomic mass is 32.1. The van der Waals surface area contributed by atoms with Gasteiger partial charge in [-0.15, -0.1) is 11.3 Å². The van der Waals surface area contributed by atoms with Gasteiger partial charge in [-0.2, -0.15) is 0 Å². The van der Waals surface area contributed by atoms with Gasteiger partial charge in [0.25, 0.3) is 0 Å². The fourth-order valence-corrected chi connectivity index (χ4v) is 3.96. The average molecular weight is 268 g/mol. The molecule has 102 valence electrons. The minimum absolute atomic E-state index is 0.0924. The van der Waals surface area contributed by atoms with Crippen LogP contribution in [0, 0.1) is 12.8 Å². The fourth-order valence-electron chi connectivity index (χ4n) is 2.95. The molecule has 0 radical (unpaired) electrons. The summed E-state index contributed by atoms with van der Waals surface area (Å²) in [5.41, 5.74) is 1.23. The molecule has 2 rings (SSSR count). The quantitative estimate of drug-likeness (QED) is 0.833. The lowest BCUT2D eigenvalue weighted by atomic mass is 9.76. The zero-order chi connectivity index (χ0) is 13.0. The second-order valence-electron chi connectivity index (χ2n) is 5.50. The number of hydrogen-bond donors (Lipinski definition) is 1. The van der Waals surface area contributed by atoms with Gasteiger partial charge in [-0.25, -0.2) is 4.98 Å². The maximum Gasteiger partial charge on any atom is 0.113 e. The summed E-state index contributed by atoms with van der Waals surface area (Å²) in [6.07, 6.45) is 5.04. The Morgan fingerprint density at radius 1 is 1.61 bits per heavy atom. The summed E-state index contributed by atoms with van der Waals surface area (Å²) in [6.45, 7) is 6.10. The van der Waals surface area contributed by atoms with Crippen molar-refractivity contribution in [3.63, 3.8) is 0 Å². The predicted octanol–water partition coefficient (Wildman–Crippen LogP) is 3.09. The SMILES string of the molecule is COCCNC1(c2nc(C)cs2)CCCC(C)C1. The van der Waals surface area contributed by atoms with Crippen molar-refractivity contribution in [1.29, 1.82) is 0 Å². The van der Waals surface area contributed by atoms with Gasteiger partial charge in [0, 0.05) is 24.7 Å². The minimum atomic E-state index is 0.0924. The van der Waals surface area contributed by atoms with E-state index in [9.17, 15) is 0 Å². The van der Waals surface area contributed by atoms with E-state index in [0.29, 0.717) is 0 Å². The average Bonchev–Trinajstić information content (AvgIpc) is 2.77. The van der Waals surface area contributed by atoms with Crippen molar-refractivity contribution < 1.29 is 4.74 Å². The monoisotopic (exact) mass is 268 g/mol. The normalized spacial score (nSPS) is 28.5. The zero-order valence-electron chi connectivity index (χ0n) is 11.7. The van der Waals surface area contributed by atoms with Gasteiger partial charge < -0.3 is 10.1 Å². The molecule has 2 atom stereocenters. The van der Waals surface area contributed by atoms with E-state index in [4.69, 9.17) is 9.72 Å². The molecule has 1 N–H and O–H groups in total. The van der Waals surface area contributed by atoms with Crippen LogP contribution in [0.5, 0.6) is 0 Å². The molecule has 18 heavy (non-hydrogen) atoms. The molecular formula is C14H24N2OS. The third-order valence-corrected chi connectivity index (χ3v) is 4.96. The molecular weight excluding hydrogens is 244 g/mol. The van der Waals surface area contributed by atoms with Gasteiger partial charge in [0.1, 0.15) is 5.01 Å². The van der Waals surface area contributed by atoms with Gasteiger partial charge in [-0.3, -0.25) is 0 Å². The van der Waals surface area contributed by atoms with Crippen molar-refractivity contribution in [3.05, 3.63) is 16.1 Å². The second-order valence-corrected chi connectivity index (χ2v) is 6.36. The Morgan fingerprint density at radius 3 is 3.06 bits per heavy atom. The van der Waals surface area contributed by atoms with Gasteiger partial charge in [-0.05, 0) is 25.7 Å². The van der Waals surface area contributed by atoms with Gasteiger partial charge in [0.2, 0.25) is 0 Å². The van der Waals surface area contributed by atoms with E-state index < -0.39 is 0 Å². The Labute approximate surface area is 114 Å². The number of nitrogens with one attached hydrogen (secondary N) is 1. The summed E-state index contributed by atoms with van der Waals surface area (Å²) in [5.74, 6) is 0.776. The lowest BCUT2D eigenvalue weighted by Crippen LogP contribution is -2.47. The number of nitrogens with zero attached hydrogens (tertiary/aromatic N) is 1. The molecule has 1 aliphatic carbocycles. The highest BCUT2D eigenvalue weighted by Crippen LogP contribution is 2.40. The summed E-state index contributed by atoms with van der Waals surface area (Å²) in [5, 5.41) is 7.15. The lowest BCUT2D eigenvalue weighted by Gasteiger charge is -2.39. The van der Waals surface area contributed by atoms with E-state index in [-0.39, 0.29) is 5.54 Å². The first kappa shape index (κ1) is 14.0. The molecule has 4 heteroatoms. The van der Waals surface area contributed by atoms with Crippen molar-refractivity contribution in [2.75, 3.05) is 20.3 Å². The van der Waals surface area contributed by atoms with Crippen LogP contribution >= 0.6 is 11.3 Å². The van der Waals surface area contributed by atoms with Crippen molar-refractivity contribution >= 4 is 11.3 Å². The third-order valence-electron chi connectivity index (χ3n) is 3.80. The van der Waals surface area contributed by atoms with E-state index in [1.54, 1.807) is 18.4 Å². The molecule has 1 aliphatic rings. The van der Waals surface area contributed by atoms with Crippen LogP contribution in [0.15, 0.2) is 5.38 Å². The molecule has 3 nitrogen and oxygen atoms in total. The maximum atomic E-state index is 5.17. The van der Waals surface area contributed by atoms with Crippen LogP contribution in [0.2, 0.25) is 0 Å². The van der Waals surface area contributed by atoms with Crippen LogP contribution < -0.4 is 5.32 Å². The number of rotatable bonds is 5. The molecule has 0 bridgehead atoms. The summed E-state index contributed by atoms with van der Waals surface area (Å²) in [6, 6.07) is 0. The van der Waals surface area contributed by atoms with Gasteiger partial charge in [-0.1, -0.05) is 19.8 Å². The summed E-state index contributed by atoms with van der Waals surface area (Å²) >= 11 is 1.80. The first-order valence-electron chi connectivity index (χ1n) is 6.83. The van der Waals surface area contributed by atoms with Crippen molar-refractivity contribution in [3.8, 4) is 0 Å². The molecule has 1 aromatic heterocycles. The largest absolute Gasteiger partial charge is 0.383 e. The highest BCUT2D eigenvalue weighted by molar-refractivity contribution is 7.09. The number of hydrogen-bond acceptors (Lipinski definition) is 4. The molecule has 1 heterocycles. The third kappa shape index (κ3) is 3.11. The Balaban J connectivity index is 2.16. The van der Waals surface area contributed by atoms with Crippen LogP contribution in [0.1, 0.15) is 43.3 Å². The molecule has 1 aromatic rings. The van der Waals surface area contributed by atoms with Gasteiger partial charge >= 0.3 is 0 Å². The second kappa shape index (κ2) is 6.13. The summed E-state index contributed by atoms with van der Waals surface area (Å²) in [4.78, 5) is 4.73. The van der Waals surface area contributed by atoms with E-state index >= 15 is 0 Å². The molecule has 0 aliphatic heterocycles. The number of aryl methyl sites for hydroxylation is 1. The van der Waals surface area contributed by atoms with E-state index in [0.717, 1.165) is 24.8 Å². The molecule has 1 fully saturated rings. The number of ether oxygens (including phenoxy) is 1. The molecule has 2 unspecified atom stereocenters. The Kier molecular flexibility index (Phi) is 4.76. The summed E-state index contributed by atoms with van der Waals surface area (Å²) in [7, 11) is 1.76. The van der Waals surface area contributed by atoms with Crippen molar-refractivity contribution in [2.45, 2.75) is 45.1 Å². The molecule has 1 saturated carbocycles. The van der Waals surface area contributed by atoms with Crippen LogP contribution in [0.3, 0.4) is 0 Å². The smallest absolute Gasteiger partial charge is 0.113 e.